The Hall–Kier alpha value is -0.610. The lowest BCUT2D eigenvalue weighted by atomic mass is 9.84. The summed E-state index contributed by atoms with van der Waals surface area (Å²) in [6, 6.07) is 0.0983. The normalized spacial score (nSPS) is 36.6. The van der Waals surface area contributed by atoms with Crippen LogP contribution in [0.1, 0.15) is 25.7 Å². The van der Waals surface area contributed by atoms with E-state index in [2.05, 4.69) is 5.32 Å². The van der Waals surface area contributed by atoms with Crippen molar-refractivity contribution in [3.05, 3.63) is 0 Å². The van der Waals surface area contributed by atoms with Gasteiger partial charge < -0.3 is 15.8 Å². The van der Waals surface area contributed by atoms with Gasteiger partial charge in [-0.25, -0.2) is 0 Å². The van der Waals surface area contributed by atoms with Gasteiger partial charge in [0, 0.05) is 26.3 Å². The number of hydrogen-bond acceptors (Lipinski definition) is 3. The van der Waals surface area contributed by atoms with E-state index in [1.807, 2.05) is 0 Å². The summed E-state index contributed by atoms with van der Waals surface area (Å²) in [5, 5.41) is 2.98. The van der Waals surface area contributed by atoms with Crippen LogP contribution in [0.15, 0.2) is 0 Å². The molecule has 2 aliphatic carbocycles. The average Bonchev–Trinajstić information content (AvgIpc) is 2.84. The number of rotatable bonds is 5. The smallest absolute Gasteiger partial charge is 0.224 e. The van der Waals surface area contributed by atoms with Crippen molar-refractivity contribution in [3.8, 4) is 0 Å². The zero-order valence-corrected chi connectivity index (χ0v) is 9.95. The molecule has 2 aliphatic rings. The maximum atomic E-state index is 12.0. The summed E-state index contributed by atoms with van der Waals surface area (Å²) in [7, 11) is 1.67. The summed E-state index contributed by atoms with van der Waals surface area (Å²) >= 11 is 0. The van der Waals surface area contributed by atoms with E-state index >= 15 is 0 Å². The molecule has 0 heterocycles. The number of hydrogen-bond donors (Lipinski definition) is 2. The minimum absolute atomic E-state index is 0.0706. The number of fused-ring (bicyclic) bond motifs is 2. The van der Waals surface area contributed by atoms with E-state index in [4.69, 9.17) is 10.5 Å². The number of nitrogens with two attached hydrogens (primary N) is 1. The molecule has 0 aromatic carbocycles. The zero-order chi connectivity index (χ0) is 11.5. The van der Waals surface area contributed by atoms with Crippen LogP contribution >= 0.6 is 0 Å². The lowest BCUT2D eigenvalue weighted by Crippen LogP contribution is -2.45. The zero-order valence-electron chi connectivity index (χ0n) is 9.95. The van der Waals surface area contributed by atoms with Crippen molar-refractivity contribution < 1.29 is 9.53 Å². The van der Waals surface area contributed by atoms with Crippen molar-refractivity contribution >= 4 is 5.91 Å². The Kier molecular flexibility index (Phi) is 3.82. The molecule has 4 atom stereocenters. The summed E-state index contributed by atoms with van der Waals surface area (Å²) in [6.45, 7) is 1.40. The molecule has 0 radical (unpaired) electrons. The van der Waals surface area contributed by atoms with Crippen LogP contribution in [0.4, 0.5) is 0 Å². The molecule has 0 aliphatic heterocycles. The second-order valence-corrected chi connectivity index (χ2v) is 5.07. The van der Waals surface area contributed by atoms with Gasteiger partial charge >= 0.3 is 0 Å². The van der Waals surface area contributed by atoms with Crippen LogP contribution in [0, 0.1) is 17.8 Å². The Morgan fingerprint density at radius 2 is 2.19 bits per heavy atom. The largest absolute Gasteiger partial charge is 0.385 e. The predicted octanol–water partition coefficient (Wildman–Crippen LogP) is 0.513. The van der Waals surface area contributed by atoms with Gasteiger partial charge in [-0.05, 0) is 37.5 Å². The molecule has 92 valence electrons. The number of nitrogens with one attached hydrogen (secondary N) is 1. The highest BCUT2D eigenvalue weighted by Crippen LogP contribution is 2.47. The Bertz CT molecular complexity index is 255. The fourth-order valence-electron chi connectivity index (χ4n) is 3.27. The number of carbonyl (C=O) groups excluding carboxylic acids is 1. The van der Waals surface area contributed by atoms with Crippen LogP contribution in [0.2, 0.25) is 0 Å². The maximum absolute atomic E-state index is 12.0. The van der Waals surface area contributed by atoms with Crippen molar-refractivity contribution in [2.75, 3.05) is 20.3 Å². The minimum Gasteiger partial charge on any atom is -0.385 e. The first-order valence-corrected chi connectivity index (χ1v) is 6.26. The lowest BCUT2D eigenvalue weighted by molar-refractivity contribution is -0.127. The molecule has 2 saturated carbocycles. The molecule has 0 aromatic heterocycles. The highest BCUT2D eigenvalue weighted by molar-refractivity contribution is 5.80. The summed E-state index contributed by atoms with van der Waals surface area (Å²) in [4.78, 5) is 12.0. The van der Waals surface area contributed by atoms with Crippen molar-refractivity contribution in [1.82, 2.24) is 5.32 Å². The number of amides is 1. The second-order valence-electron chi connectivity index (χ2n) is 5.07. The van der Waals surface area contributed by atoms with Gasteiger partial charge in [0.05, 0.1) is 5.92 Å². The van der Waals surface area contributed by atoms with Gasteiger partial charge in [-0.15, -0.1) is 0 Å². The van der Waals surface area contributed by atoms with Gasteiger partial charge in [-0.1, -0.05) is 0 Å². The quantitative estimate of drug-likeness (QED) is 0.671. The third-order valence-electron chi connectivity index (χ3n) is 4.11. The fourth-order valence-corrected chi connectivity index (χ4v) is 3.27. The Morgan fingerprint density at radius 3 is 2.81 bits per heavy atom. The standard InChI is InChI=1S/C12H22N2O2/c1-16-6-2-5-14-12(15)10-8-3-4-9(7-8)11(10)13/h8-11H,2-7,13H2,1H3,(H,14,15). The highest BCUT2D eigenvalue weighted by Gasteiger charge is 2.48. The van der Waals surface area contributed by atoms with E-state index in [0.29, 0.717) is 25.0 Å². The SMILES string of the molecule is COCCCNC(=O)C1C2CCC(C2)C1N. The first-order chi connectivity index (χ1) is 7.74. The van der Waals surface area contributed by atoms with Gasteiger partial charge in [-0.3, -0.25) is 4.79 Å². The van der Waals surface area contributed by atoms with Gasteiger partial charge in [0.2, 0.25) is 5.91 Å². The molecule has 4 unspecified atom stereocenters. The molecule has 1 amide bonds. The van der Waals surface area contributed by atoms with Gasteiger partial charge in [0.25, 0.3) is 0 Å². The summed E-state index contributed by atoms with van der Waals surface area (Å²) in [6.07, 6.45) is 4.45. The Balaban J connectivity index is 1.77. The van der Waals surface area contributed by atoms with Crippen molar-refractivity contribution in [2.24, 2.45) is 23.5 Å². The Labute approximate surface area is 96.9 Å². The first kappa shape index (κ1) is 11.9. The van der Waals surface area contributed by atoms with Crippen LogP contribution in [-0.4, -0.2) is 32.2 Å². The van der Waals surface area contributed by atoms with Gasteiger partial charge in [0.1, 0.15) is 0 Å². The van der Waals surface area contributed by atoms with Crippen LogP contribution in [0.3, 0.4) is 0 Å². The first-order valence-electron chi connectivity index (χ1n) is 6.26. The van der Waals surface area contributed by atoms with Crippen molar-refractivity contribution in [2.45, 2.75) is 31.7 Å². The lowest BCUT2D eigenvalue weighted by Gasteiger charge is -2.26. The van der Waals surface area contributed by atoms with Crippen LogP contribution in [0.25, 0.3) is 0 Å². The predicted molar refractivity (Wildman–Crippen MR) is 61.8 cm³/mol. The van der Waals surface area contributed by atoms with E-state index in [1.54, 1.807) is 7.11 Å². The summed E-state index contributed by atoms with van der Waals surface area (Å²) in [5.74, 6) is 1.37. The molecule has 2 rings (SSSR count). The van der Waals surface area contributed by atoms with Crippen molar-refractivity contribution in [1.29, 1.82) is 0 Å². The van der Waals surface area contributed by atoms with E-state index in [0.717, 1.165) is 12.8 Å². The molecule has 0 aromatic rings. The number of ether oxygens (including phenoxy) is 1. The molecule has 3 N–H and O–H groups in total. The average molecular weight is 226 g/mol. The molecule has 2 bridgehead atoms. The summed E-state index contributed by atoms with van der Waals surface area (Å²) in [5.41, 5.74) is 6.11. The third-order valence-corrected chi connectivity index (χ3v) is 4.11. The van der Waals surface area contributed by atoms with E-state index in [1.165, 1.54) is 12.8 Å². The van der Waals surface area contributed by atoms with E-state index < -0.39 is 0 Å². The van der Waals surface area contributed by atoms with Crippen LogP contribution < -0.4 is 11.1 Å². The Morgan fingerprint density at radius 1 is 1.44 bits per heavy atom. The molecule has 4 heteroatoms. The molecular formula is C12H22N2O2. The topological polar surface area (TPSA) is 64.3 Å². The molecule has 16 heavy (non-hydrogen) atoms. The molecular weight excluding hydrogens is 204 g/mol. The maximum Gasteiger partial charge on any atom is 0.224 e. The fraction of sp³-hybridized carbons (Fsp3) is 0.917. The molecule has 4 nitrogen and oxygen atoms in total. The van der Waals surface area contributed by atoms with Crippen molar-refractivity contribution in [3.63, 3.8) is 0 Å². The monoisotopic (exact) mass is 226 g/mol. The van der Waals surface area contributed by atoms with Gasteiger partial charge in [0.15, 0.2) is 0 Å². The number of carbonyl (C=O) groups is 1. The molecule has 0 spiro atoms. The molecule has 0 saturated heterocycles. The van der Waals surface area contributed by atoms with E-state index in [9.17, 15) is 4.79 Å². The van der Waals surface area contributed by atoms with Gasteiger partial charge in [-0.2, -0.15) is 0 Å². The van der Waals surface area contributed by atoms with E-state index in [-0.39, 0.29) is 17.9 Å². The number of methoxy groups -OCH3 is 1. The van der Waals surface area contributed by atoms with Crippen LogP contribution in [-0.2, 0) is 9.53 Å². The minimum atomic E-state index is 0.0706. The highest BCUT2D eigenvalue weighted by atomic mass is 16.5. The summed E-state index contributed by atoms with van der Waals surface area (Å²) < 4.78 is 4.94. The second kappa shape index (κ2) is 5.15. The third kappa shape index (κ3) is 2.23. The van der Waals surface area contributed by atoms with Crippen LogP contribution in [0.5, 0.6) is 0 Å². The molecule has 2 fully saturated rings.